The number of hydrogen-bond acceptors (Lipinski definition) is 5. The Kier molecular flexibility index (Phi) is 5.38. The first-order valence-electron chi connectivity index (χ1n) is 7.53. The predicted molar refractivity (Wildman–Crippen MR) is 82.7 cm³/mol. The predicted octanol–water partition coefficient (Wildman–Crippen LogP) is 2.92. The molecule has 1 atom stereocenters. The minimum Gasteiger partial charge on any atom is -0.494 e. The highest BCUT2D eigenvalue weighted by Gasteiger charge is 2.24. The highest BCUT2D eigenvalue weighted by atomic mass is 16.6. The van der Waals surface area contributed by atoms with Gasteiger partial charge in [0, 0.05) is 30.4 Å². The van der Waals surface area contributed by atoms with Crippen LogP contribution in [-0.4, -0.2) is 24.1 Å². The molecular weight excluding hydrogens is 270 g/mol. The van der Waals surface area contributed by atoms with Crippen LogP contribution < -0.4 is 15.8 Å². The van der Waals surface area contributed by atoms with Crippen molar-refractivity contribution in [2.24, 2.45) is 11.7 Å². The van der Waals surface area contributed by atoms with E-state index in [1.54, 1.807) is 12.1 Å². The first kappa shape index (κ1) is 15.6. The van der Waals surface area contributed by atoms with Gasteiger partial charge in [-0.3, -0.25) is 10.1 Å². The van der Waals surface area contributed by atoms with Gasteiger partial charge in [-0.05, 0) is 25.7 Å². The van der Waals surface area contributed by atoms with Crippen LogP contribution in [0.4, 0.5) is 11.4 Å². The van der Waals surface area contributed by atoms with Gasteiger partial charge in [0.1, 0.15) is 5.75 Å². The summed E-state index contributed by atoms with van der Waals surface area (Å²) in [6.07, 6.45) is 4.81. The minimum atomic E-state index is -0.402. The molecule has 2 rings (SSSR count). The summed E-state index contributed by atoms with van der Waals surface area (Å²) in [6, 6.07) is 4.94. The average Bonchev–Trinajstić information content (AvgIpc) is 2.99. The van der Waals surface area contributed by atoms with Crippen LogP contribution in [-0.2, 0) is 0 Å². The molecular formula is C15H23N3O3. The van der Waals surface area contributed by atoms with E-state index in [2.05, 4.69) is 5.32 Å². The van der Waals surface area contributed by atoms with Crippen molar-refractivity contribution >= 4 is 11.4 Å². The third-order valence-electron chi connectivity index (χ3n) is 3.99. The van der Waals surface area contributed by atoms with Gasteiger partial charge in [0.05, 0.1) is 17.6 Å². The van der Waals surface area contributed by atoms with Gasteiger partial charge in [-0.2, -0.15) is 0 Å². The molecule has 0 bridgehead atoms. The van der Waals surface area contributed by atoms with Crippen molar-refractivity contribution in [2.75, 3.05) is 18.5 Å². The Labute approximate surface area is 124 Å². The van der Waals surface area contributed by atoms with E-state index in [1.807, 2.05) is 6.92 Å². The molecule has 3 N–H and O–H groups in total. The molecule has 1 saturated carbocycles. The normalized spacial score (nSPS) is 16.7. The van der Waals surface area contributed by atoms with Gasteiger partial charge in [0.25, 0.3) is 5.69 Å². The Morgan fingerprint density at radius 1 is 1.43 bits per heavy atom. The summed E-state index contributed by atoms with van der Waals surface area (Å²) in [7, 11) is 0. The van der Waals surface area contributed by atoms with Crippen molar-refractivity contribution in [1.82, 2.24) is 0 Å². The van der Waals surface area contributed by atoms with Crippen LogP contribution in [0.1, 0.15) is 32.6 Å². The number of nitrogens with two attached hydrogens (primary N) is 1. The molecule has 6 nitrogen and oxygen atoms in total. The number of ether oxygens (including phenoxy) is 1. The molecule has 0 heterocycles. The lowest BCUT2D eigenvalue weighted by Gasteiger charge is -2.24. The Bertz CT molecular complexity index is 487. The minimum absolute atomic E-state index is 0.0330. The molecule has 21 heavy (non-hydrogen) atoms. The van der Waals surface area contributed by atoms with E-state index in [1.165, 1.54) is 31.7 Å². The number of nitro groups is 1. The smallest absolute Gasteiger partial charge is 0.275 e. The first-order valence-corrected chi connectivity index (χ1v) is 7.53. The molecule has 6 heteroatoms. The van der Waals surface area contributed by atoms with E-state index in [9.17, 15) is 10.1 Å². The fourth-order valence-corrected chi connectivity index (χ4v) is 2.97. The molecule has 1 unspecified atom stereocenters. The van der Waals surface area contributed by atoms with Crippen molar-refractivity contribution in [1.29, 1.82) is 0 Å². The van der Waals surface area contributed by atoms with Gasteiger partial charge >= 0.3 is 0 Å². The SMILES string of the molecule is CCOc1cc(NC(CN)C2CCCC2)cc([N+](=O)[O-])c1. The second-order valence-corrected chi connectivity index (χ2v) is 5.44. The lowest BCUT2D eigenvalue weighted by atomic mass is 9.98. The number of hydrogen-bond donors (Lipinski definition) is 2. The number of nitrogens with zero attached hydrogens (tertiary/aromatic N) is 1. The van der Waals surface area contributed by atoms with Crippen LogP contribution in [0.3, 0.4) is 0 Å². The van der Waals surface area contributed by atoms with Crippen LogP contribution in [0.15, 0.2) is 18.2 Å². The van der Waals surface area contributed by atoms with Crippen molar-refractivity contribution < 1.29 is 9.66 Å². The molecule has 0 amide bonds. The van der Waals surface area contributed by atoms with E-state index in [4.69, 9.17) is 10.5 Å². The zero-order valence-electron chi connectivity index (χ0n) is 12.4. The topological polar surface area (TPSA) is 90.4 Å². The third kappa shape index (κ3) is 4.07. The monoisotopic (exact) mass is 293 g/mol. The van der Waals surface area contributed by atoms with Gasteiger partial charge in [0.2, 0.25) is 0 Å². The summed E-state index contributed by atoms with van der Waals surface area (Å²) in [4.78, 5) is 10.6. The van der Waals surface area contributed by atoms with Gasteiger partial charge < -0.3 is 15.8 Å². The molecule has 1 aromatic carbocycles. The number of anilines is 1. The van der Waals surface area contributed by atoms with Crippen molar-refractivity contribution in [3.8, 4) is 5.75 Å². The first-order chi connectivity index (χ1) is 10.1. The molecule has 0 radical (unpaired) electrons. The summed E-state index contributed by atoms with van der Waals surface area (Å²) in [5, 5.41) is 14.4. The Hall–Kier alpha value is -1.82. The molecule has 1 aliphatic carbocycles. The molecule has 1 fully saturated rings. The lowest BCUT2D eigenvalue weighted by Crippen LogP contribution is -2.35. The van der Waals surface area contributed by atoms with Crippen molar-refractivity contribution in [3.63, 3.8) is 0 Å². The lowest BCUT2D eigenvalue weighted by molar-refractivity contribution is -0.384. The number of nitrogens with one attached hydrogen (secondary N) is 1. The summed E-state index contributed by atoms with van der Waals surface area (Å²) in [5.41, 5.74) is 6.60. The van der Waals surface area contributed by atoms with Crippen LogP contribution >= 0.6 is 0 Å². The zero-order chi connectivity index (χ0) is 15.2. The highest BCUT2D eigenvalue weighted by Crippen LogP contribution is 2.31. The number of nitro benzene ring substituents is 1. The number of rotatable bonds is 7. The largest absolute Gasteiger partial charge is 0.494 e. The van der Waals surface area contributed by atoms with Crippen molar-refractivity contribution in [3.05, 3.63) is 28.3 Å². The standard InChI is InChI=1S/C15H23N3O3/c1-2-21-14-8-12(7-13(9-14)18(19)20)17-15(10-16)11-5-3-4-6-11/h7-9,11,15,17H,2-6,10,16H2,1H3. The summed E-state index contributed by atoms with van der Waals surface area (Å²) >= 11 is 0. The number of benzene rings is 1. The molecule has 0 saturated heterocycles. The van der Waals surface area contributed by atoms with E-state index in [0.717, 1.165) is 0 Å². The summed E-state index contributed by atoms with van der Waals surface area (Å²) < 4.78 is 5.40. The Morgan fingerprint density at radius 2 is 2.14 bits per heavy atom. The molecule has 0 aromatic heterocycles. The van der Waals surface area contributed by atoms with E-state index in [0.29, 0.717) is 30.5 Å². The van der Waals surface area contributed by atoms with Gasteiger partial charge in [-0.15, -0.1) is 0 Å². The average molecular weight is 293 g/mol. The maximum Gasteiger partial charge on any atom is 0.275 e. The number of non-ortho nitro benzene ring substituents is 1. The van der Waals surface area contributed by atoms with Gasteiger partial charge in [-0.25, -0.2) is 0 Å². The maximum absolute atomic E-state index is 11.0. The molecule has 116 valence electrons. The van der Waals surface area contributed by atoms with Crippen LogP contribution in [0.2, 0.25) is 0 Å². The Morgan fingerprint density at radius 3 is 2.71 bits per heavy atom. The molecule has 1 aliphatic rings. The fraction of sp³-hybridized carbons (Fsp3) is 0.600. The van der Waals surface area contributed by atoms with Crippen molar-refractivity contribution in [2.45, 2.75) is 38.6 Å². The third-order valence-corrected chi connectivity index (χ3v) is 3.99. The zero-order valence-corrected chi connectivity index (χ0v) is 12.4. The molecule has 0 spiro atoms. The summed E-state index contributed by atoms with van der Waals surface area (Å²) in [5.74, 6) is 1.06. The van der Waals surface area contributed by atoms with E-state index in [-0.39, 0.29) is 11.7 Å². The quantitative estimate of drug-likeness (QED) is 0.596. The maximum atomic E-state index is 11.0. The second kappa shape index (κ2) is 7.26. The second-order valence-electron chi connectivity index (χ2n) is 5.44. The van der Waals surface area contributed by atoms with Crippen LogP contribution in [0, 0.1) is 16.0 Å². The highest BCUT2D eigenvalue weighted by molar-refractivity contribution is 5.57. The Balaban J connectivity index is 2.18. The van der Waals surface area contributed by atoms with Crippen LogP contribution in [0.25, 0.3) is 0 Å². The fourth-order valence-electron chi connectivity index (χ4n) is 2.97. The summed E-state index contributed by atoms with van der Waals surface area (Å²) in [6.45, 7) is 2.86. The van der Waals surface area contributed by atoms with Crippen LogP contribution in [0.5, 0.6) is 5.75 Å². The van der Waals surface area contributed by atoms with E-state index < -0.39 is 4.92 Å². The van der Waals surface area contributed by atoms with Gasteiger partial charge in [-0.1, -0.05) is 12.8 Å². The molecule has 1 aromatic rings. The van der Waals surface area contributed by atoms with E-state index >= 15 is 0 Å². The molecule has 0 aliphatic heterocycles. The van der Waals surface area contributed by atoms with Gasteiger partial charge in [0.15, 0.2) is 0 Å².